The van der Waals surface area contributed by atoms with Gasteiger partial charge in [0.15, 0.2) is 5.78 Å². The van der Waals surface area contributed by atoms with E-state index in [1.165, 1.54) is 17.1 Å². The number of nitriles is 1. The molecule has 6 nitrogen and oxygen atoms in total. The zero-order valence-electron chi connectivity index (χ0n) is 11.8. The number of rotatable bonds is 5. The molecule has 6 heteroatoms. The molecule has 1 saturated carbocycles. The summed E-state index contributed by atoms with van der Waals surface area (Å²) < 4.78 is 1.51. The zero-order valence-corrected chi connectivity index (χ0v) is 11.8. The van der Waals surface area contributed by atoms with Crippen molar-refractivity contribution in [3.63, 3.8) is 0 Å². The molecule has 2 aromatic rings. The zero-order chi connectivity index (χ0) is 14.8. The molecule has 2 aromatic heterocycles. The van der Waals surface area contributed by atoms with Crippen molar-refractivity contribution in [2.24, 2.45) is 0 Å². The lowest BCUT2D eigenvalue weighted by Gasteiger charge is -2.01. The van der Waals surface area contributed by atoms with Gasteiger partial charge in [-0.3, -0.25) is 4.79 Å². The number of hydrogen-bond acceptors (Lipinski definition) is 5. The third-order valence-electron chi connectivity index (χ3n) is 3.47. The Morgan fingerprint density at radius 3 is 2.71 bits per heavy atom. The van der Waals surface area contributed by atoms with Gasteiger partial charge < -0.3 is 0 Å². The van der Waals surface area contributed by atoms with E-state index < -0.39 is 0 Å². The second kappa shape index (κ2) is 5.44. The summed E-state index contributed by atoms with van der Waals surface area (Å²) in [6.45, 7) is 1.96. The molecular weight excluding hydrogens is 266 g/mol. The van der Waals surface area contributed by atoms with Crippen molar-refractivity contribution in [3.8, 4) is 12.0 Å². The molecule has 3 rings (SSSR count). The van der Waals surface area contributed by atoms with E-state index in [1.807, 2.05) is 6.92 Å². The van der Waals surface area contributed by atoms with Crippen LogP contribution >= 0.6 is 0 Å². The Morgan fingerprint density at radius 2 is 2.14 bits per heavy atom. The smallest absolute Gasteiger partial charge is 0.250 e. The van der Waals surface area contributed by atoms with Crippen LogP contribution in [-0.2, 0) is 0 Å². The van der Waals surface area contributed by atoms with Crippen LogP contribution < -0.4 is 0 Å². The first kappa shape index (κ1) is 13.4. The van der Waals surface area contributed by atoms with E-state index in [9.17, 15) is 4.79 Å². The molecule has 106 valence electrons. The Kier molecular flexibility index (Phi) is 3.48. The number of carbonyl (C=O) groups excluding carboxylic acids is 1. The predicted octanol–water partition coefficient (Wildman–Crippen LogP) is 2.39. The molecule has 0 atom stereocenters. The molecule has 0 aliphatic heterocycles. The summed E-state index contributed by atoms with van der Waals surface area (Å²) in [5.74, 6) is 0.818. The lowest BCUT2D eigenvalue weighted by Crippen LogP contribution is -2.05. The Morgan fingerprint density at radius 1 is 1.43 bits per heavy atom. The summed E-state index contributed by atoms with van der Waals surface area (Å²) in [5, 5.41) is 13.6. The van der Waals surface area contributed by atoms with Gasteiger partial charge in [-0.2, -0.15) is 10.4 Å². The van der Waals surface area contributed by atoms with Crippen molar-refractivity contribution in [2.75, 3.05) is 0 Å². The first-order valence-corrected chi connectivity index (χ1v) is 7.08. The van der Waals surface area contributed by atoms with Gasteiger partial charge >= 0.3 is 0 Å². The molecular formula is C15H15N5O. The van der Waals surface area contributed by atoms with E-state index in [0.29, 0.717) is 29.4 Å². The summed E-state index contributed by atoms with van der Waals surface area (Å²) in [5.41, 5.74) is 1.91. The fraction of sp³-hybridized carbons (Fsp3) is 0.400. The molecule has 1 fully saturated rings. The van der Waals surface area contributed by atoms with Crippen LogP contribution in [-0.4, -0.2) is 25.5 Å². The van der Waals surface area contributed by atoms with Crippen molar-refractivity contribution in [2.45, 2.75) is 38.5 Å². The maximum Gasteiger partial charge on any atom is 0.250 e. The molecule has 0 bridgehead atoms. The average Bonchev–Trinajstić information content (AvgIpc) is 3.26. The molecule has 0 amide bonds. The maximum absolute atomic E-state index is 11.7. The predicted molar refractivity (Wildman–Crippen MR) is 75.1 cm³/mol. The molecule has 0 unspecified atom stereocenters. The highest BCUT2D eigenvalue weighted by Gasteiger charge is 2.29. The molecule has 0 spiro atoms. The summed E-state index contributed by atoms with van der Waals surface area (Å²) in [7, 11) is 0. The van der Waals surface area contributed by atoms with Gasteiger partial charge in [-0.1, -0.05) is 6.92 Å². The minimum atomic E-state index is 0.0425. The molecule has 21 heavy (non-hydrogen) atoms. The van der Waals surface area contributed by atoms with Crippen molar-refractivity contribution < 1.29 is 4.79 Å². The topological polar surface area (TPSA) is 84.5 Å². The van der Waals surface area contributed by atoms with E-state index >= 15 is 0 Å². The molecule has 0 radical (unpaired) electrons. The normalized spacial score (nSPS) is 13.9. The Balaban J connectivity index is 1.87. The quantitative estimate of drug-likeness (QED) is 0.785. The molecule has 2 heterocycles. The number of carbonyl (C=O) groups is 1. The van der Waals surface area contributed by atoms with Crippen LogP contribution in [0, 0.1) is 11.3 Å². The SMILES string of the molecule is CCCC(=O)c1cnc(-n2cc(C#N)c(C3CC3)n2)nc1. The minimum Gasteiger partial charge on any atom is -0.294 e. The van der Waals surface area contributed by atoms with Crippen LogP contribution in [0.25, 0.3) is 5.95 Å². The Bertz CT molecular complexity index is 707. The highest BCUT2D eigenvalue weighted by Crippen LogP contribution is 2.40. The van der Waals surface area contributed by atoms with Gasteiger partial charge in [0, 0.05) is 24.7 Å². The van der Waals surface area contributed by atoms with Crippen LogP contribution in [0.15, 0.2) is 18.6 Å². The molecule has 0 saturated heterocycles. The van der Waals surface area contributed by atoms with Gasteiger partial charge in [0.2, 0.25) is 0 Å². The van der Waals surface area contributed by atoms with Gasteiger partial charge in [-0.15, -0.1) is 0 Å². The van der Waals surface area contributed by atoms with Gasteiger partial charge in [-0.25, -0.2) is 14.6 Å². The number of Topliss-reactive ketones (excluding diaryl/α,β-unsaturated/α-hetero) is 1. The number of ketones is 1. The summed E-state index contributed by atoms with van der Waals surface area (Å²) >= 11 is 0. The van der Waals surface area contributed by atoms with Crippen LogP contribution in [0.1, 0.15) is 60.1 Å². The van der Waals surface area contributed by atoms with E-state index in [4.69, 9.17) is 5.26 Å². The fourth-order valence-electron chi connectivity index (χ4n) is 2.19. The maximum atomic E-state index is 11.7. The highest BCUT2D eigenvalue weighted by molar-refractivity contribution is 5.95. The second-order valence-corrected chi connectivity index (χ2v) is 5.20. The van der Waals surface area contributed by atoms with Gasteiger partial charge in [0.1, 0.15) is 6.07 Å². The Hall–Kier alpha value is -2.55. The lowest BCUT2D eigenvalue weighted by molar-refractivity contribution is 0.0981. The monoisotopic (exact) mass is 281 g/mol. The molecule has 0 N–H and O–H groups in total. The van der Waals surface area contributed by atoms with Gasteiger partial charge in [0.25, 0.3) is 5.95 Å². The van der Waals surface area contributed by atoms with E-state index in [0.717, 1.165) is 25.0 Å². The van der Waals surface area contributed by atoms with E-state index in [1.54, 1.807) is 6.20 Å². The highest BCUT2D eigenvalue weighted by atomic mass is 16.1. The number of nitrogens with zero attached hydrogens (tertiary/aromatic N) is 5. The third-order valence-corrected chi connectivity index (χ3v) is 3.47. The third kappa shape index (κ3) is 2.68. The van der Waals surface area contributed by atoms with Crippen molar-refractivity contribution >= 4 is 5.78 Å². The largest absolute Gasteiger partial charge is 0.294 e. The van der Waals surface area contributed by atoms with E-state index in [2.05, 4.69) is 21.1 Å². The number of aromatic nitrogens is 4. The summed E-state index contributed by atoms with van der Waals surface area (Å²) in [6.07, 6.45) is 8.14. The molecule has 1 aliphatic carbocycles. The second-order valence-electron chi connectivity index (χ2n) is 5.20. The first-order valence-electron chi connectivity index (χ1n) is 7.08. The van der Waals surface area contributed by atoms with Crippen LogP contribution in [0.2, 0.25) is 0 Å². The van der Waals surface area contributed by atoms with Crippen LogP contribution in [0.5, 0.6) is 0 Å². The first-order chi connectivity index (χ1) is 10.2. The summed E-state index contributed by atoms with van der Waals surface area (Å²) in [6, 6.07) is 2.16. The minimum absolute atomic E-state index is 0.0425. The van der Waals surface area contributed by atoms with E-state index in [-0.39, 0.29) is 5.78 Å². The van der Waals surface area contributed by atoms with Crippen molar-refractivity contribution in [1.82, 2.24) is 19.7 Å². The fourth-order valence-corrected chi connectivity index (χ4v) is 2.19. The lowest BCUT2D eigenvalue weighted by atomic mass is 10.1. The van der Waals surface area contributed by atoms with Crippen LogP contribution in [0.4, 0.5) is 0 Å². The average molecular weight is 281 g/mol. The molecule has 0 aromatic carbocycles. The summed E-state index contributed by atoms with van der Waals surface area (Å²) in [4.78, 5) is 20.1. The van der Waals surface area contributed by atoms with Crippen LogP contribution in [0.3, 0.4) is 0 Å². The van der Waals surface area contributed by atoms with Crippen molar-refractivity contribution in [1.29, 1.82) is 5.26 Å². The standard InChI is InChI=1S/C15H15N5O/c1-2-3-13(21)12-7-17-15(18-8-12)20-9-11(6-16)14(19-20)10-4-5-10/h7-10H,2-5H2,1H3. The molecule has 1 aliphatic rings. The number of hydrogen-bond donors (Lipinski definition) is 0. The van der Waals surface area contributed by atoms with Gasteiger partial charge in [0.05, 0.1) is 23.0 Å². The van der Waals surface area contributed by atoms with Crippen molar-refractivity contribution in [3.05, 3.63) is 35.4 Å². The van der Waals surface area contributed by atoms with Gasteiger partial charge in [-0.05, 0) is 19.3 Å². The Labute approximate surface area is 122 Å².